The van der Waals surface area contributed by atoms with Gasteiger partial charge >= 0.3 is 6.09 Å². The second kappa shape index (κ2) is 11.2. The number of pyridine rings is 1. The molecular weight excluding hydrogens is 554 g/mol. The van der Waals surface area contributed by atoms with Crippen LogP contribution in [0.4, 0.5) is 10.6 Å². The smallest absolute Gasteiger partial charge is 0.408 e. The summed E-state index contributed by atoms with van der Waals surface area (Å²) in [6.07, 6.45) is 7.16. The highest BCUT2D eigenvalue weighted by Gasteiger charge is 2.34. The average Bonchev–Trinajstić information content (AvgIpc) is 3.26. The molecule has 2 aliphatic rings. The highest BCUT2D eigenvalue weighted by Crippen LogP contribution is 2.37. The number of amides is 1. The molecule has 0 aromatic carbocycles. The Morgan fingerprint density at radius 3 is 2.70 bits per heavy atom. The Morgan fingerprint density at radius 2 is 2.02 bits per heavy atom. The lowest BCUT2D eigenvalue weighted by Crippen LogP contribution is -2.54. The predicted molar refractivity (Wildman–Crippen MR) is 154 cm³/mol. The highest BCUT2D eigenvalue weighted by molar-refractivity contribution is 7.99. The summed E-state index contributed by atoms with van der Waals surface area (Å²) in [6.45, 7) is 9.68. The number of nitrogens with zero attached hydrogens (tertiary/aromatic N) is 6. The Bertz CT molecular complexity index is 1450. The van der Waals surface area contributed by atoms with E-state index in [1.807, 2.05) is 32.4 Å². The molecule has 1 amide bonds. The van der Waals surface area contributed by atoms with Crippen molar-refractivity contribution in [3.8, 4) is 0 Å². The van der Waals surface area contributed by atoms with E-state index in [0.717, 1.165) is 37.9 Å². The van der Waals surface area contributed by atoms with Gasteiger partial charge in [0, 0.05) is 43.4 Å². The lowest BCUT2D eigenvalue weighted by molar-refractivity contribution is -0.0376. The fourth-order valence-electron chi connectivity index (χ4n) is 4.88. The molecule has 216 valence electrons. The molecule has 1 N–H and O–H groups in total. The summed E-state index contributed by atoms with van der Waals surface area (Å²) in [6, 6.07) is 1.80. The van der Waals surface area contributed by atoms with Gasteiger partial charge in [0.15, 0.2) is 16.9 Å². The number of halogens is 1. The van der Waals surface area contributed by atoms with Crippen LogP contribution in [0.1, 0.15) is 66.0 Å². The van der Waals surface area contributed by atoms with Crippen LogP contribution in [0.15, 0.2) is 33.2 Å². The van der Waals surface area contributed by atoms with Crippen molar-refractivity contribution < 1.29 is 14.3 Å². The van der Waals surface area contributed by atoms with Crippen LogP contribution < -0.4 is 15.8 Å². The number of ether oxygens (including phenoxy) is 2. The summed E-state index contributed by atoms with van der Waals surface area (Å²) >= 11 is 7.68. The molecule has 40 heavy (non-hydrogen) atoms. The molecule has 2 fully saturated rings. The number of piperidine rings is 1. The van der Waals surface area contributed by atoms with E-state index in [1.165, 1.54) is 16.3 Å². The van der Waals surface area contributed by atoms with Gasteiger partial charge in [-0.05, 0) is 65.9 Å². The normalized spacial score (nSPS) is 19.6. The standard InChI is InChI=1S/C27H36ClN7O4S/c1-26(2,3)39-25(37)31-27(4)10-13-34(14-11-27)18-16-29-21-22(30-18)35(19-8-6-7-15-38-19)32-23(21)40-17-9-12-33(5)24(36)20(17)28/h9,12,16,19H,6-8,10-11,13-15H2,1-5H3,(H,31,37). The van der Waals surface area contributed by atoms with Crippen LogP contribution in [-0.4, -0.2) is 61.2 Å². The number of nitrogens with one attached hydrogen (secondary N) is 1. The number of fused-ring (bicyclic) bond motifs is 1. The van der Waals surface area contributed by atoms with Crippen molar-refractivity contribution in [2.24, 2.45) is 7.05 Å². The van der Waals surface area contributed by atoms with Gasteiger partial charge in [-0.25, -0.2) is 19.4 Å². The van der Waals surface area contributed by atoms with Crippen LogP contribution in [0.5, 0.6) is 0 Å². The summed E-state index contributed by atoms with van der Waals surface area (Å²) in [5.41, 5.74) is 0.0805. The Labute approximate surface area is 242 Å². The first kappa shape index (κ1) is 28.7. The monoisotopic (exact) mass is 589 g/mol. The van der Waals surface area contributed by atoms with Crippen molar-refractivity contribution in [2.45, 2.75) is 87.1 Å². The summed E-state index contributed by atoms with van der Waals surface area (Å²) < 4.78 is 14.8. The number of carbonyl (C=O) groups is 1. The minimum Gasteiger partial charge on any atom is -0.444 e. The van der Waals surface area contributed by atoms with E-state index in [4.69, 9.17) is 36.1 Å². The minimum atomic E-state index is -0.546. The van der Waals surface area contributed by atoms with Gasteiger partial charge in [0.05, 0.1) is 6.20 Å². The number of aryl methyl sites for hydroxylation is 1. The van der Waals surface area contributed by atoms with Crippen LogP contribution in [-0.2, 0) is 16.5 Å². The minimum absolute atomic E-state index is 0.146. The van der Waals surface area contributed by atoms with Gasteiger partial charge < -0.3 is 24.3 Å². The first-order valence-electron chi connectivity index (χ1n) is 13.6. The van der Waals surface area contributed by atoms with Crippen LogP contribution in [0.2, 0.25) is 5.02 Å². The summed E-state index contributed by atoms with van der Waals surface area (Å²) in [5, 5.41) is 8.67. The van der Waals surface area contributed by atoms with E-state index in [0.29, 0.717) is 40.8 Å². The highest BCUT2D eigenvalue weighted by atomic mass is 35.5. The molecule has 11 nitrogen and oxygen atoms in total. The van der Waals surface area contributed by atoms with Gasteiger partial charge in [-0.2, -0.15) is 5.10 Å². The zero-order valence-corrected chi connectivity index (χ0v) is 25.1. The van der Waals surface area contributed by atoms with Gasteiger partial charge in [0.1, 0.15) is 22.0 Å². The molecule has 13 heteroatoms. The van der Waals surface area contributed by atoms with Crippen LogP contribution >= 0.6 is 23.4 Å². The molecule has 0 bridgehead atoms. The SMILES string of the molecule is Cn1ccc(Sc2nn(C3CCCCO3)c3nc(N4CCC(C)(NC(=O)OC(C)(C)C)CC4)cnc23)c(Cl)c1=O. The lowest BCUT2D eigenvalue weighted by Gasteiger charge is -2.40. The third kappa shape index (κ3) is 6.23. The van der Waals surface area contributed by atoms with Gasteiger partial charge in [0.2, 0.25) is 0 Å². The fourth-order valence-corrected chi connectivity index (χ4v) is 6.08. The average molecular weight is 590 g/mol. The van der Waals surface area contributed by atoms with Gasteiger partial charge in [-0.3, -0.25) is 4.79 Å². The summed E-state index contributed by atoms with van der Waals surface area (Å²) in [4.78, 5) is 37.4. The molecule has 0 radical (unpaired) electrons. The fraction of sp³-hybridized carbons (Fsp3) is 0.593. The third-order valence-electron chi connectivity index (χ3n) is 7.16. The van der Waals surface area contributed by atoms with Gasteiger partial charge in [0.25, 0.3) is 5.56 Å². The molecule has 0 saturated carbocycles. The summed E-state index contributed by atoms with van der Waals surface area (Å²) in [7, 11) is 1.66. The van der Waals surface area contributed by atoms with E-state index in [9.17, 15) is 9.59 Å². The Morgan fingerprint density at radius 1 is 1.27 bits per heavy atom. The number of aromatic nitrogens is 5. The maximum absolute atomic E-state index is 12.4. The number of hydrogen-bond donors (Lipinski definition) is 1. The Hall–Kier alpha value is -2.83. The number of carbonyl (C=O) groups excluding carboxylic acids is 1. The molecule has 3 aromatic heterocycles. The molecule has 1 atom stereocenters. The number of hydrogen-bond acceptors (Lipinski definition) is 9. The Balaban J connectivity index is 1.40. The van der Waals surface area contributed by atoms with E-state index in [-0.39, 0.29) is 22.3 Å². The molecule has 0 aliphatic carbocycles. The summed E-state index contributed by atoms with van der Waals surface area (Å²) in [5.74, 6) is 0.743. The number of anilines is 1. The molecular formula is C27H36ClN7O4S. The molecule has 5 heterocycles. The third-order valence-corrected chi connectivity index (χ3v) is 8.67. The maximum atomic E-state index is 12.4. The molecule has 3 aromatic rings. The van der Waals surface area contributed by atoms with Crippen molar-refractivity contribution in [1.82, 2.24) is 29.6 Å². The van der Waals surface area contributed by atoms with E-state index >= 15 is 0 Å². The first-order chi connectivity index (χ1) is 18.9. The molecule has 2 saturated heterocycles. The van der Waals surface area contributed by atoms with E-state index < -0.39 is 11.7 Å². The van der Waals surface area contributed by atoms with Crippen LogP contribution in [0.25, 0.3) is 11.2 Å². The Kier molecular flexibility index (Phi) is 8.04. The van der Waals surface area contributed by atoms with E-state index in [2.05, 4.69) is 10.2 Å². The number of alkyl carbamates (subject to hydrolysis) is 1. The zero-order valence-electron chi connectivity index (χ0n) is 23.6. The van der Waals surface area contributed by atoms with Crippen molar-refractivity contribution in [2.75, 3.05) is 24.6 Å². The van der Waals surface area contributed by atoms with Crippen LogP contribution in [0.3, 0.4) is 0 Å². The quantitative estimate of drug-likeness (QED) is 0.443. The van der Waals surface area contributed by atoms with Crippen LogP contribution in [0, 0.1) is 0 Å². The largest absolute Gasteiger partial charge is 0.444 e. The molecule has 5 rings (SSSR count). The lowest BCUT2D eigenvalue weighted by atomic mass is 9.90. The van der Waals surface area contributed by atoms with Gasteiger partial charge in [-0.1, -0.05) is 23.4 Å². The van der Waals surface area contributed by atoms with Crippen molar-refractivity contribution in [3.63, 3.8) is 0 Å². The zero-order chi connectivity index (χ0) is 28.7. The second-order valence-electron chi connectivity index (χ2n) is 11.7. The maximum Gasteiger partial charge on any atom is 0.408 e. The number of rotatable bonds is 5. The van der Waals surface area contributed by atoms with Crippen molar-refractivity contribution in [1.29, 1.82) is 0 Å². The first-order valence-corrected chi connectivity index (χ1v) is 14.8. The van der Waals surface area contributed by atoms with Crippen molar-refractivity contribution >= 4 is 46.4 Å². The molecule has 0 spiro atoms. The van der Waals surface area contributed by atoms with E-state index in [1.54, 1.807) is 25.5 Å². The second-order valence-corrected chi connectivity index (χ2v) is 13.1. The van der Waals surface area contributed by atoms with Crippen molar-refractivity contribution in [3.05, 3.63) is 33.8 Å². The topological polar surface area (TPSA) is 116 Å². The molecule has 1 unspecified atom stereocenters. The predicted octanol–water partition coefficient (Wildman–Crippen LogP) is 4.91. The van der Waals surface area contributed by atoms with Gasteiger partial charge in [-0.15, -0.1) is 0 Å². The molecule has 2 aliphatic heterocycles.